The van der Waals surface area contributed by atoms with Crippen LogP contribution >= 0.6 is 15.9 Å². The molecule has 0 aliphatic heterocycles. The number of aromatic nitrogens is 1. The van der Waals surface area contributed by atoms with Gasteiger partial charge in [-0.3, -0.25) is 9.59 Å². The number of methoxy groups -OCH3 is 1. The van der Waals surface area contributed by atoms with Gasteiger partial charge in [0.15, 0.2) is 0 Å². The van der Waals surface area contributed by atoms with Crippen molar-refractivity contribution < 1.29 is 18.8 Å². The molecule has 0 saturated heterocycles. The number of halogens is 1. The molecule has 0 bridgehead atoms. The Bertz CT molecular complexity index is 705. The Morgan fingerprint density at radius 1 is 1.29 bits per heavy atom. The molecule has 0 aliphatic rings. The van der Waals surface area contributed by atoms with Crippen molar-refractivity contribution in [1.29, 1.82) is 0 Å². The zero-order chi connectivity index (χ0) is 17.7. The first kappa shape index (κ1) is 18.2. The van der Waals surface area contributed by atoms with Gasteiger partial charge in [-0.25, -0.2) is 0 Å². The van der Waals surface area contributed by atoms with Crippen molar-refractivity contribution in [2.75, 3.05) is 7.11 Å². The molecule has 0 spiro atoms. The van der Waals surface area contributed by atoms with Crippen LogP contribution in [0, 0.1) is 13.8 Å². The number of hydrogen-bond acceptors (Lipinski definition) is 5. The van der Waals surface area contributed by atoms with Crippen molar-refractivity contribution in [3.8, 4) is 0 Å². The lowest BCUT2D eigenvalue weighted by Gasteiger charge is -2.18. The molecule has 1 atom stereocenters. The molecule has 1 heterocycles. The summed E-state index contributed by atoms with van der Waals surface area (Å²) in [7, 11) is 1.33. The Kier molecular flexibility index (Phi) is 6.14. The molecule has 1 N–H and O–H groups in total. The number of benzene rings is 1. The van der Waals surface area contributed by atoms with Gasteiger partial charge in [-0.15, -0.1) is 0 Å². The van der Waals surface area contributed by atoms with Crippen molar-refractivity contribution in [1.82, 2.24) is 10.5 Å². The lowest BCUT2D eigenvalue weighted by Crippen LogP contribution is -2.31. The summed E-state index contributed by atoms with van der Waals surface area (Å²) < 4.78 is 10.7. The third kappa shape index (κ3) is 4.67. The van der Waals surface area contributed by atoms with Crippen molar-refractivity contribution >= 4 is 27.8 Å². The van der Waals surface area contributed by atoms with Gasteiger partial charge >= 0.3 is 5.97 Å². The van der Waals surface area contributed by atoms with Crippen LogP contribution in [0.15, 0.2) is 33.3 Å². The van der Waals surface area contributed by atoms with Crippen molar-refractivity contribution in [3.63, 3.8) is 0 Å². The first-order valence-corrected chi connectivity index (χ1v) is 8.23. The number of amides is 1. The molecule has 2 aromatic rings. The third-order valence-corrected chi connectivity index (χ3v) is 4.25. The lowest BCUT2D eigenvalue weighted by molar-refractivity contribution is -0.141. The number of ether oxygens (including phenoxy) is 1. The summed E-state index contributed by atoms with van der Waals surface area (Å²) in [6.45, 7) is 3.56. The first-order chi connectivity index (χ1) is 11.4. The van der Waals surface area contributed by atoms with E-state index in [9.17, 15) is 9.59 Å². The van der Waals surface area contributed by atoms with Crippen LogP contribution in [0.25, 0.3) is 0 Å². The van der Waals surface area contributed by atoms with Crippen molar-refractivity contribution in [2.45, 2.75) is 32.7 Å². The van der Waals surface area contributed by atoms with E-state index in [1.165, 1.54) is 7.11 Å². The maximum absolute atomic E-state index is 12.4. The van der Waals surface area contributed by atoms with Crippen LogP contribution in [-0.4, -0.2) is 24.1 Å². The second-order valence-electron chi connectivity index (χ2n) is 5.43. The van der Waals surface area contributed by atoms with E-state index in [4.69, 9.17) is 9.26 Å². The zero-order valence-corrected chi connectivity index (χ0v) is 15.3. The van der Waals surface area contributed by atoms with Gasteiger partial charge in [-0.2, -0.15) is 0 Å². The molecule has 2 rings (SSSR count). The smallest absolute Gasteiger partial charge is 0.307 e. The average Bonchev–Trinajstić information content (AvgIpc) is 2.86. The van der Waals surface area contributed by atoms with Crippen LogP contribution in [-0.2, 0) is 20.7 Å². The summed E-state index contributed by atoms with van der Waals surface area (Å²) in [6, 6.07) is 6.97. The fraction of sp³-hybridized carbons (Fsp3) is 0.353. The quantitative estimate of drug-likeness (QED) is 0.761. The highest BCUT2D eigenvalue weighted by molar-refractivity contribution is 9.10. The van der Waals surface area contributed by atoms with E-state index >= 15 is 0 Å². The predicted molar refractivity (Wildman–Crippen MR) is 91.3 cm³/mol. The first-order valence-electron chi connectivity index (χ1n) is 7.44. The molecule has 1 amide bonds. The summed E-state index contributed by atoms with van der Waals surface area (Å²) in [5.74, 6) is 0.0255. The van der Waals surface area contributed by atoms with E-state index in [1.54, 1.807) is 13.8 Å². The molecule has 0 fully saturated rings. The number of carbonyl (C=O) groups excluding carboxylic acids is 2. The number of hydrogen-bond donors (Lipinski definition) is 1. The number of nitrogens with zero attached hydrogens (tertiary/aromatic N) is 1. The van der Waals surface area contributed by atoms with E-state index in [0.29, 0.717) is 11.5 Å². The molecule has 6 nitrogen and oxygen atoms in total. The minimum Gasteiger partial charge on any atom is -0.469 e. The fourth-order valence-electron chi connectivity index (χ4n) is 2.36. The van der Waals surface area contributed by atoms with Gasteiger partial charge in [-0.1, -0.05) is 33.2 Å². The summed E-state index contributed by atoms with van der Waals surface area (Å²) in [5.41, 5.74) is 2.28. The highest BCUT2D eigenvalue weighted by Crippen LogP contribution is 2.21. The summed E-state index contributed by atoms with van der Waals surface area (Å²) in [5, 5.41) is 6.73. The number of carbonyl (C=O) groups is 2. The predicted octanol–water partition coefficient (Wildman–Crippen LogP) is 3.02. The number of aryl methyl sites for hydroxylation is 2. The summed E-state index contributed by atoms with van der Waals surface area (Å²) in [6.07, 6.45) is 0.209. The van der Waals surface area contributed by atoms with Gasteiger partial charge in [0.05, 0.1) is 31.7 Å². The van der Waals surface area contributed by atoms with E-state index in [2.05, 4.69) is 26.4 Å². The maximum Gasteiger partial charge on any atom is 0.307 e. The second kappa shape index (κ2) is 8.10. The largest absolute Gasteiger partial charge is 0.469 e. The van der Waals surface area contributed by atoms with Crippen LogP contribution < -0.4 is 5.32 Å². The Morgan fingerprint density at radius 2 is 1.96 bits per heavy atom. The zero-order valence-electron chi connectivity index (χ0n) is 13.8. The van der Waals surface area contributed by atoms with Gasteiger partial charge < -0.3 is 14.6 Å². The molecule has 24 heavy (non-hydrogen) atoms. The van der Waals surface area contributed by atoms with Crippen LogP contribution in [0.3, 0.4) is 0 Å². The molecule has 1 unspecified atom stereocenters. The average molecular weight is 395 g/mol. The Morgan fingerprint density at radius 3 is 2.50 bits per heavy atom. The van der Waals surface area contributed by atoms with E-state index in [-0.39, 0.29) is 24.7 Å². The van der Waals surface area contributed by atoms with E-state index in [1.807, 2.05) is 24.3 Å². The summed E-state index contributed by atoms with van der Waals surface area (Å²) in [4.78, 5) is 24.1. The number of nitrogens with one attached hydrogen (secondary N) is 1. The van der Waals surface area contributed by atoms with Gasteiger partial charge in [-0.05, 0) is 31.5 Å². The van der Waals surface area contributed by atoms with Gasteiger partial charge in [0.2, 0.25) is 5.91 Å². The van der Waals surface area contributed by atoms with Crippen LogP contribution in [0.2, 0.25) is 0 Å². The molecule has 7 heteroatoms. The van der Waals surface area contributed by atoms with Crippen molar-refractivity contribution in [2.24, 2.45) is 0 Å². The highest BCUT2D eigenvalue weighted by Gasteiger charge is 2.21. The van der Waals surface area contributed by atoms with Gasteiger partial charge in [0.1, 0.15) is 5.76 Å². The number of esters is 1. The third-order valence-electron chi connectivity index (χ3n) is 3.72. The summed E-state index contributed by atoms with van der Waals surface area (Å²) >= 11 is 3.37. The van der Waals surface area contributed by atoms with E-state index < -0.39 is 6.04 Å². The monoisotopic (exact) mass is 394 g/mol. The molecule has 1 aromatic carbocycles. The second-order valence-corrected chi connectivity index (χ2v) is 6.35. The maximum atomic E-state index is 12.4. The fourth-order valence-corrected chi connectivity index (χ4v) is 2.62. The minimum atomic E-state index is -0.460. The molecule has 1 aromatic heterocycles. The Balaban J connectivity index is 2.13. The molecule has 128 valence electrons. The van der Waals surface area contributed by atoms with Crippen LogP contribution in [0.4, 0.5) is 0 Å². The van der Waals surface area contributed by atoms with E-state index in [0.717, 1.165) is 15.6 Å². The normalized spacial score (nSPS) is 11.8. The molecule has 0 saturated carbocycles. The van der Waals surface area contributed by atoms with Crippen LogP contribution in [0.1, 0.15) is 35.0 Å². The highest BCUT2D eigenvalue weighted by atomic mass is 79.9. The molecular formula is C17H19BrN2O4. The molecule has 0 aliphatic carbocycles. The molecule has 0 radical (unpaired) electrons. The molecular weight excluding hydrogens is 376 g/mol. The SMILES string of the molecule is COC(=O)CC(NC(=O)Cc1c(C)noc1C)c1ccc(Br)cc1. The Labute approximate surface area is 148 Å². The topological polar surface area (TPSA) is 81.4 Å². The Hall–Kier alpha value is -2.15. The van der Waals surface area contributed by atoms with Crippen LogP contribution in [0.5, 0.6) is 0 Å². The standard InChI is InChI=1S/C17H19BrN2O4/c1-10-14(11(2)24-20-10)8-16(21)19-15(9-17(22)23-3)12-4-6-13(18)7-5-12/h4-7,15H,8-9H2,1-3H3,(H,19,21). The van der Waals surface area contributed by atoms with Crippen molar-refractivity contribution in [3.05, 3.63) is 51.3 Å². The van der Waals surface area contributed by atoms with Gasteiger partial charge in [0.25, 0.3) is 0 Å². The van der Waals surface area contributed by atoms with Gasteiger partial charge in [0, 0.05) is 10.0 Å². The number of rotatable bonds is 6. The lowest BCUT2D eigenvalue weighted by atomic mass is 10.0. The minimum absolute atomic E-state index is 0.0610.